The highest BCUT2D eigenvalue weighted by molar-refractivity contribution is 7.80. The first-order chi connectivity index (χ1) is 11.5. The molecule has 1 atom stereocenters. The van der Waals surface area contributed by atoms with Crippen LogP contribution in [-0.2, 0) is 4.79 Å². The molecule has 4 nitrogen and oxygen atoms in total. The fraction of sp³-hybridized carbons (Fsp3) is 0.0588. The van der Waals surface area contributed by atoms with Crippen molar-refractivity contribution in [1.29, 1.82) is 0 Å². The van der Waals surface area contributed by atoms with E-state index in [1.165, 1.54) is 23.5 Å². The summed E-state index contributed by atoms with van der Waals surface area (Å²) in [6.07, 6.45) is 0. The lowest BCUT2D eigenvalue weighted by molar-refractivity contribution is -0.118. The van der Waals surface area contributed by atoms with E-state index in [1.54, 1.807) is 12.1 Å². The predicted octanol–water partition coefficient (Wildman–Crippen LogP) is 3.88. The summed E-state index contributed by atoms with van der Waals surface area (Å²) in [6, 6.07) is 12.6. The molecular formula is C17H14FN3OS2. The number of benzene rings is 2. The average molecular weight is 359 g/mol. The maximum absolute atomic E-state index is 13.0. The molecule has 1 heterocycles. The number of carbonyl (C=O) groups is 1. The van der Waals surface area contributed by atoms with Crippen LogP contribution in [-0.4, -0.2) is 10.9 Å². The van der Waals surface area contributed by atoms with E-state index in [1.807, 2.05) is 29.6 Å². The molecule has 1 amide bonds. The summed E-state index contributed by atoms with van der Waals surface area (Å²) >= 11 is 5.68. The topological polar surface area (TPSA) is 68.0 Å². The van der Waals surface area contributed by atoms with Gasteiger partial charge in [0.05, 0.1) is 5.69 Å². The number of amides is 1. The van der Waals surface area contributed by atoms with Crippen molar-refractivity contribution >= 4 is 35.6 Å². The summed E-state index contributed by atoms with van der Waals surface area (Å²) in [6.45, 7) is 0. The van der Waals surface area contributed by atoms with Gasteiger partial charge in [-0.1, -0.05) is 12.1 Å². The van der Waals surface area contributed by atoms with Gasteiger partial charge in [-0.05, 0) is 36.4 Å². The Hall–Kier alpha value is -2.38. The zero-order chi connectivity index (χ0) is 17.1. The fourth-order valence-electron chi connectivity index (χ4n) is 2.18. The third-order valence-corrected chi connectivity index (χ3v) is 4.70. The lowest BCUT2D eigenvalue weighted by Crippen LogP contribution is -2.27. The minimum Gasteiger partial charge on any atom is -0.368 e. The van der Waals surface area contributed by atoms with Gasteiger partial charge >= 0.3 is 0 Å². The Balaban J connectivity index is 1.89. The van der Waals surface area contributed by atoms with E-state index in [0.29, 0.717) is 21.3 Å². The molecule has 0 saturated heterocycles. The summed E-state index contributed by atoms with van der Waals surface area (Å²) in [7, 11) is 0. The molecular weight excluding hydrogens is 345 g/mol. The Morgan fingerprint density at radius 1 is 1.21 bits per heavy atom. The minimum absolute atomic E-state index is 0.309. The molecule has 0 aliphatic rings. The van der Waals surface area contributed by atoms with Crippen LogP contribution in [0.2, 0.25) is 0 Å². The second-order valence-corrected chi connectivity index (χ2v) is 6.45. The number of primary amides is 1. The van der Waals surface area contributed by atoms with Crippen molar-refractivity contribution in [2.75, 3.05) is 5.32 Å². The van der Waals surface area contributed by atoms with E-state index < -0.39 is 11.9 Å². The first-order valence-electron chi connectivity index (χ1n) is 7.10. The average Bonchev–Trinajstić information content (AvgIpc) is 3.04. The molecule has 0 saturated carbocycles. The maximum Gasteiger partial charge on any atom is 0.247 e. The molecule has 0 aliphatic heterocycles. The van der Waals surface area contributed by atoms with Crippen molar-refractivity contribution in [1.82, 2.24) is 4.98 Å². The zero-order valence-electron chi connectivity index (χ0n) is 12.4. The fourth-order valence-corrected chi connectivity index (χ4v) is 3.29. The number of halogens is 1. The van der Waals surface area contributed by atoms with Crippen LogP contribution in [0.3, 0.4) is 0 Å². The van der Waals surface area contributed by atoms with Gasteiger partial charge in [0, 0.05) is 21.5 Å². The molecule has 0 radical (unpaired) electrons. The van der Waals surface area contributed by atoms with E-state index in [9.17, 15) is 9.18 Å². The molecule has 3 N–H and O–H groups in total. The minimum atomic E-state index is -0.766. The van der Waals surface area contributed by atoms with Crippen molar-refractivity contribution < 1.29 is 9.18 Å². The Bertz CT molecular complexity index is 864. The second-order valence-electron chi connectivity index (χ2n) is 5.07. The molecule has 0 fully saturated rings. The van der Waals surface area contributed by atoms with Crippen LogP contribution < -0.4 is 11.1 Å². The number of aromatic nitrogens is 1. The Kier molecular flexibility index (Phi) is 4.82. The first-order valence-corrected chi connectivity index (χ1v) is 8.42. The number of thiazole rings is 1. The Morgan fingerprint density at radius 3 is 2.58 bits per heavy atom. The normalized spacial score (nSPS) is 11.9. The Morgan fingerprint density at radius 2 is 1.92 bits per heavy atom. The second kappa shape index (κ2) is 7.02. The Labute approximate surface area is 148 Å². The summed E-state index contributed by atoms with van der Waals surface area (Å²) in [5.41, 5.74) is 7.67. The lowest BCUT2D eigenvalue weighted by atomic mass is 10.2. The van der Waals surface area contributed by atoms with Crippen molar-refractivity contribution in [2.45, 2.75) is 10.9 Å². The first kappa shape index (κ1) is 16.5. The van der Waals surface area contributed by atoms with Gasteiger partial charge in [0.1, 0.15) is 10.8 Å². The van der Waals surface area contributed by atoms with Crippen LogP contribution in [0, 0.1) is 5.82 Å². The third-order valence-electron chi connectivity index (χ3n) is 3.40. The predicted molar refractivity (Wildman–Crippen MR) is 96.8 cm³/mol. The molecule has 24 heavy (non-hydrogen) atoms. The van der Waals surface area contributed by atoms with Gasteiger partial charge in [-0.25, -0.2) is 9.37 Å². The number of nitrogens with zero attached hydrogens (tertiary/aromatic N) is 1. The molecule has 7 heteroatoms. The molecule has 0 bridgehead atoms. The largest absolute Gasteiger partial charge is 0.368 e. The zero-order valence-corrected chi connectivity index (χ0v) is 14.2. The number of rotatable bonds is 5. The van der Waals surface area contributed by atoms with Crippen LogP contribution in [0.4, 0.5) is 10.1 Å². The van der Waals surface area contributed by atoms with Gasteiger partial charge in [-0.15, -0.1) is 24.0 Å². The van der Waals surface area contributed by atoms with E-state index in [0.717, 1.165) is 5.56 Å². The summed E-state index contributed by atoms with van der Waals surface area (Å²) in [5.74, 6) is -0.845. The number of nitrogens with two attached hydrogens (primary N) is 1. The van der Waals surface area contributed by atoms with Gasteiger partial charge in [0.25, 0.3) is 0 Å². The summed E-state index contributed by atoms with van der Waals surface area (Å²) in [5, 5.41) is 5.43. The highest BCUT2D eigenvalue weighted by Crippen LogP contribution is 2.29. The van der Waals surface area contributed by atoms with Crippen molar-refractivity contribution in [2.24, 2.45) is 5.73 Å². The quantitative estimate of drug-likeness (QED) is 0.606. The number of para-hydroxylation sites is 1. The van der Waals surface area contributed by atoms with Crippen molar-refractivity contribution in [3.8, 4) is 11.3 Å². The number of hydrogen-bond acceptors (Lipinski definition) is 5. The number of hydrogen-bond donors (Lipinski definition) is 3. The highest BCUT2D eigenvalue weighted by atomic mass is 32.1. The lowest BCUT2D eigenvalue weighted by Gasteiger charge is -2.15. The SMILES string of the molecule is NC(=O)C(Nc1ccccc1S)c1nc(-c2ccc(F)cc2)cs1. The number of anilines is 1. The van der Waals surface area contributed by atoms with E-state index in [2.05, 4.69) is 22.9 Å². The molecule has 122 valence electrons. The van der Waals surface area contributed by atoms with Crippen LogP contribution in [0.1, 0.15) is 11.0 Å². The monoisotopic (exact) mass is 359 g/mol. The molecule has 3 rings (SSSR count). The number of nitrogens with one attached hydrogen (secondary N) is 1. The number of thiol groups is 1. The van der Waals surface area contributed by atoms with Gasteiger partial charge in [0.15, 0.2) is 6.04 Å². The van der Waals surface area contributed by atoms with Crippen molar-refractivity contribution in [3.05, 3.63) is 64.7 Å². The van der Waals surface area contributed by atoms with Crippen LogP contribution >= 0.6 is 24.0 Å². The summed E-state index contributed by atoms with van der Waals surface area (Å²) < 4.78 is 13.0. The van der Waals surface area contributed by atoms with Crippen LogP contribution in [0.25, 0.3) is 11.3 Å². The maximum atomic E-state index is 13.0. The van der Waals surface area contributed by atoms with Gasteiger partial charge in [-0.3, -0.25) is 4.79 Å². The third kappa shape index (κ3) is 3.58. The molecule has 2 aromatic carbocycles. The smallest absolute Gasteiger partial charge is 0.247 e. The van der Waals surface area contributed by atoms with Gasteiger partial charge < -0.3 is 11.1 Å². The van der Waals surface area contributed by atoms with Gasteiger partial charge in [0.2, 0.25) is 5.91 Å². The standard InChI is InChI=1S/C17H14FN3OS2/c18-11-7-5-10(6-8-11)13-9-24-17(21-13)15(16(19)22)20-12-3-1-2-4-14(12)23/h1-9,15,20,23H,(H2,19,22). The molecule has 0 spiro atoms. The highest BCUT2D eigenvalue weighted by Gasteiger charge is 2.22. The van der Waals surface area contributed by atoms with Crippen LogP contribution in [0.5, 0.6) is 0 Å². The molecule has 0 aliphatic carbocycles. The van der Waals surface area contributed by atoms with Crippen molar-refractivity contribution in [3.63, 3.8) is 0 Å². The van der Waals surface area contributed by atoms with Crippen LogP contribution in [0.15, 0.2) is 58.8 Å². The van der Waals surface area contributed by atoms with Gasteiger partial charge in [-0.2, -0.15) is 0 Å². The van der Waals surface area contributed by atoms with E-state index >= 15 is 0 Å². The molecule has 1 unspecified atom stereocenters. The van der Waals surface area contributed by atoms with E-state index in [-0.39, 0.29) is 5.82 Å². The summed E-state index contributed by atoms with van der Waals surface area (Å²) in [4.78, 5) is 17.0. The molecule has 3 aromatic rings. The van der Waals surface area contributed by atoms with E-state index in [4.69, 9.17) is 5.73 Å². The molecule has 1 aromatic heterocycles. The number of carbonyl (C=O) groups excluding carboxylic acids is 1.